The van der Waals surface area contributed by atoms with Crippen LogP contribution in [0, 0.1) is 0 Å². The lowest BCUT2D eigenvalue weighted by Crippen LogP contribution is -2.29. The fourth-order valence-electron chi connectivity index (χ4n) is 1.87. The fourth-order valence-corrected chi connectivity index (χ4v) is 3.57. The second-order valence-electron chi connectivity index (χ2n) is 3.80. The van der Waals surface area contributed by atoms with E-state index in [2.05, 4.69) is 10.1 Å². The molecule has 0 bridgehead atoms. The first-order valence-electron chi connectivity index (χ1n) is 4.95. The first-order valence-corrected chi connectivity index (χ1v) is 6.66. The maximum Gasteiger partial charge on any atom is 0.320 e. The second-order valence-corrected chi connectivity index (χ2v) is 6.09. The number of rotatable bonds is 4. The normalized spacial score (nSPS) is 26.5. The van der Waals surface area contributed by atoms with Crippen LogP contribution in [0.2, 0.25) is 0 Å². The monoisotopic (exact) mass is 235 g/mol. The van der Waals surface area contributed by atoms with Gasteiger partial charge < -0.3 is 10.1 Å². The topological polar surface area (TPSA) is 72.5 Å². The Hall–Kier alpha value is -0.620. The van der Waals surface area contributed by atoms with Gasteiger partial charge in [-0.05, 0) is 26.3 Å². The Morgan fingerprint density at radius 1 is 1.47 bits per heavy atom. The minimum absolute atomic E-state index is 0.252. The molecule has 2 unspecified atom stereocenters. The van der Waals surface area contributed by atoms with Gasteiger partial charge >= 0.3 is 5.97 Å². The van der Waals surface area contributed by atoms with E-state index < -0.39 is 26.8 Å². The number of ether oxygens (including phenoxy) is 1. The highest BCUT2D eigenvalue weighted by molar-refractivity contribution is 7.92. The van der Waals surface area contributed by atoms with Crippen LogP contribution in [-0.2, 0) is 19.4 Å². The standard InChI is InChI=1S/C9H17NO4S/c1-10-7-3-4-8(5-7)15(12,13)6-9(11)14-2/h7-8,10H,3-6H2,1-2H3. The molecule has 0 aromatic heterocycles. The zero-order chi connectivity index (χ0) is 11.5. The van der Waals surface area contributed by atoms with Gasteiger partial charge in [-0.15, -0.1) is 0 Å². The van der Waals surface area contributed by atoms with Gasteiger partial charge in [-0.25, -0.2) is 8.42 Å². The molecular formula is C9H17NO4S. The van der Waals surface area contributed by atoms with E-state index >= 15 is 0 Å². The summed E-state index contributed by atoms with van der Waals surface area (Å²) in [7, 11) is -0.312. The predicted molar refractivity (Wildman–Crippen MR) is 56.3 cm³/mol. The number of sulfone groups is 1. The fraction of sp³-hybridized carbons (Fsp3) is 0.889. The molecule has 1 aliphatic rings. The molecule has 1 saturated carbocycles. The van der Waals surface area contributed by atoms with E-state index in [-0.39, 0.29) is 6.04 Å². The number of hydrogen-bond donors (Lipinski definition) is 1. The van der Waals surface area contributed by atoms with E-state index in [1.807, 2.05) is 7.05 Å². The number of esters is 1. The quantitative estimate of drug-likeness (QED) is 0.678. The molecule has 0 aromatic rings. The summed E-state index contributed by atoms with van der Waals surface area (Å²) in [4.78, 5) is 10.9. The summed E-state index contributed by atoms with van der Waals surface area (Å²) < 4.78 is 27.8. The molecule has 0 radical (unpaired) electrons. The SMILES string of the molecule is CNC1CCC(S(=O)(=O)CC(=O)OC)C1. The van der Waals surface area contributed by atoms with Crippen molar-refractivity contribution in [1.29, 1.82) is 0 Å². The average molecular weight is 235 g/mol. The van der Waals surface area contributed by atoms with Crippen molar-refractivity contribution in [1.82, 2.24) is 5.32 Å². The van der Waals surface area contributed by atoms with Gasteiger partial charge in [0.2, 0.25) is 0 Å². The third-order valence-electron chi connectivity index (χ3n) is 2.85. The van der Waals surface area contributed by atoms with Gasteiger partial charge in [-0.1, -0.05) is 0 Å². The molecule has 6 heteroatoms. The van der Waals surface area contributed by atoms with Gasteiger partial charge in [0.15, 0.2) is 9.84 Å². The third kappa shape index (κ3) is 3.17. The molecular weight excluding hydrogens is 218 g/mol. The van der Waals surface area contributed by atoms with Crippen LogP contribution in [0.25, 0.3) is 0 Å². The van der Waals surface area contributed by atoms with Crippen LogP contribution >= 0.6 is 0 Å². The van der Waals surface area contributed by atoms with Crippen molar-refractivity contribution in [2.45, 2.75) is 30.6 Å². The van der Waals surface area contributed by atoms with Crippen molar-refractivity contribution in [2.24, 2.45) is 0 Å². The summed E-state index contributed by atoms with van der Waals surface area (Å²) in [5.74, 6) is -1.17. The first kappa shape index (κ1) is 12.4. The van der Waals surface area contributed by atoms with Gasteiger partial charge in [0, 0.05) is 6.04 Å². The van der Waals surface area contributed by atoms with Crippen molar-refractivity contribution < 1.29 is 17.9 Å². The van der Waals surface area contributed by atoms with E-state index in [4.69, 9.17) is 0 Å². The molecule has 0 spiro atoms. The lowest BCUT2D eigenvalue weighted by Gasteiger charge is -2.11. The van der Waals surface area contributed by atoms with E-state index in [1.54, 1.807) is 0 Å². The Morgan fingerprint density at radius 3 is 2.60 bits per heavy atom. The number of nitrogens with one attached hydrogen (secondary N) is 1. The van der Waals surface area contributed by atoms with Gasteiger partial charge in [-0.2, -0.15) is 0 Å². The molecule has 0 saturated heterocycles. The summed E-state index contributed by atoms with van der Waals surface area (Å²) in [5.41, 5.74) is 0. The number of hydrogen-bond acceptors (Lipinski definition) is 5. The van der Waals surface area contributed by atoms with Gasteiger partial charge in [-0.3, -0.25) is 4.79 Å². The molecule has 0 aliphatic heterocycles. The van der Waals surface area contributed by atoms with E-state index in [0.717, 1.165) is 6.42 Å². The summed E-state index contributed by atoms with van der Waals surface area (Å²) in [6.07, 6.45) is 2.07. The largest absolute Gasteiger partial charge is 0.468 e. The molecule has 5 nitrogen and oxygen atoms in total. The number of methoxy groups -OCH3 is 1. The van der Waals surface area contributed by atoms with E-state index in [1.165, 1.54) is 7.11 Å². The lowest BCUT2D eigenvalue weighted by atomic mass is 10.3. The number of carbonyl (C=O) groups is 1. The highest BCUT2D eigenvalue weighted by atomic mass is 32.2. The second kappa shape index (κ2) is 4.94. The van der Waals surface area contributed by atoms with Crippen LogP contribution in [-0.4, -0.2) is 45.6 Å². The maximum absolute atomic E-state index is 11.7. The maximum atomic E-state index is 11.7. The smallest absolute Gasteiger partial charge is 0.320 e. The molecule has 0 heterocycles. The molecule has 1 rings (SSSR count). The highest BCUT2D eigenvalue weighted by Crippen LogP contribution is 2.25. The Balaban J connectivity index is 2.60. The van der Waals surface area contributed by atoms with Crippen LogP contribution < -0.4 is 5.32 Å². The van der Waals surface area contributed by atoms with Crippen LogP contribution in [0.15, 0.2) is 0 Å². The van der Waals surface area contributed by atoms with Crippen molar-refractivity contribution in [3.63, 3.8) is 0 Å². The van der Waals surface area contributed by atoms with Crippen LogP contribution in [0.1, 0.15) is 19.3 Å². The molecule has 15 heavy (non-hydrogen) atoms. The Bertz CT molecular complexity index is 325. The lowest BCUT2D eigenvalue weighted by molar-refractivity contribution is -0.137. The zero-order valence-corrected chi connectivity index (χ0v) is 9.84. The summed E-state index contributed by atoms with van der Waals surface area (Å²) in [6.45, 7) is 0. The molecule has 1 N–H and O–H groups in total. The summed E-state index contributed by atoms with van der Waals surface area (Å²) in [5, 5.41) is 2.66. The van der Waals surface area contributed by atoms with Crippen LogP contribution in [0.5, 0.6) is 0 Å². The minimum Gasteiger partial charge on any atom is -0.468 e. The van der Waals surface area contributed by atoms with Crippen molar-refractivity contribution in [3.05, 3.63) is 0 Å². The van der Waals surface area contributed by atoms with Crippen molar-refractivity contribution in [2.75, 3.05) is 19.9 Å². The Kier molecular flexibility index (Phi) is 4.10. The first-order chi connectivity index (χ1) is 6.99. The predicted octanol–water partition coefficient (Wildman–Crippen LogP) is -0.285. The number of carbonyl (C=O) groups excluding carboxylic acids is 1. The summed E-state index contributed by atoms with van der Waals surface area (Å²) in [6, 6.07) is 0.252. The van der Waals surface area contributed by atoms with Gasteiger partial charge in [0.05, 0.1) is 12.4 Å². The highest BCUT2D eigenvalue weighted by Gasteiger charge is 2.34. The Labute approximate surface area is 90.1 Å². The van der Waals surface area contributed by atoms with E-state index in [9.17, 15) is 13.2 Å². The van der Waals surface area contributed by atoms with Gasteiger partial charge in [0.25, 0.3) is 0 Å². The van der Waals surface area contributed by atoms with Crippen LogP contribution in [0.3, 0.4) is 0 Å². The van der Waals surface area contributed by atoms with Crippen molar-refractivity contribution >= 4 is 15.8 Å². The van der Waals surface area contributed by atoms with Crippen molar-refractivity contribution in [3.8, 4) is 0 Å². The molecule has 2 atom stereocenters. The van der Waals surface area contributed by atoms with Gasteiger partial charge in [0.1, 0.15) is 5.75 Å². The molecule has 0 amide bonds. The molecule has 0 aromatic carbocycles. The molecule has 1 aliphatic carbocycles. The zero-order valence-electron chi connectivity index (χ0n) is 9.02. The molecule has 1 fully saturated rings. The van der Waals surface area contributed by atoms with E-state index in [0.29, 0.717) is 12.8 Å². The Morgan fingerprint density at radius 2 is 2.13 bits per heavy atom. The molecule has 88 valence electrons. The minimum atomic E-state index is -3.33. The third-order valence-corrected chi connectivity index (χ3v) is 4.93. The summed E-state index contributed by atoms with van der Waals surface area (Å²) >= 11 is 0. The average Bonchev–Trinajstić information content (AvgIpc) is 2.65. The van der Waals surface area contributed by atoms with Crippen LogP contribution in [0.4, 0.5) is 0 Å².